The number of carbonyl (C=O) groups excluding carboxylic acids is 1. The van der Waals surface area contributed by atoms with Crippen LogP contribution in [-0.2, 0) is 14.3 Å². The van der Waals surface area contributed by atoms with Crippen LogP contribution in [0.1, 0.15) is 48.0 Å². The van der Waals surface area contributed by atoms with Crippen LogP contribution in [0.4, 0.5) is 0 Å². The standard InChI is InChI=1S/C15H24O3/c1-9(2)8-12-13(10(3)11(4)17-12)14(16)18-15(5,6)7/h9-10H,4,8H2,1-3,5-7H3. The first-order valence-electron chi connectivity index (χ1n) is 6.45. The van der Waals surface area contributed by atoms with Gasteiger partial charge < -0.3 is 9.47 Å². The summed E-state index contributed by atoms with van der Waals surface area (Å²) in [6.45, 7) is 15.6. The van der Waals surface area contributed by atoms with Gasteiger partial charge in [-0.3, -0.25) is 0 Å². The van der Waals surface area contributed by atoms with Crippen molar-refractivity contribution in [3.8, 4) is 0 Å². The van der Waals surface area contributed by atoms with Crippen LogP contribution in [-0.4, -0.2) is 11.6 Å². The second-order valence-electron chi connectivity index (χ2n) is 6.23. The fraction of sp³-hybridized carbons (Fsp3) is 0.667. The second kappa shape index (κ2) is 5.17. The van der Waals surface area contributed by atoms with Gasteiger partial charge in [0.05, 0.1) is 5.57 Å². The zero-order valence-electron chi connectivity index (χ0n) is 12.3. The summed E-state index contributed by atoms with van der Waals surface area (Å²) in [5.74, 6) is 1.40. The third-order valence-electron chi connectivity index (χ3n) is 2.68. The Morgan fingerprint density at radius 1 is 1.44 bits per heavy atom. The van der Waals surface area contributed by atoms with Gasteiger partial charge in [-0.05, 0) is 26.7 Å². The van der Waals surface area contributed by atoms with Gasteiger partial charge in [0, 0.05) is 12.3 Å². The predicted molar refractivity (Wildman–Crippen MR) is 71.7 cm³/mol. The second-order valence-corrected chi connectivity index (χ2v) is 6.23. The molecule has 0 aromatic carbocycles. The van der Waals surface area contributed by atoms with Crippen LogP contribution in [0.2, 0.25) is 0 Å². The lowest BCUT2D eigenvalue weighted by Gasteiger charge is -2.21. The molecule has 0 fully saturated rings. The molecule has 0 aromatic heterocycles. The van der Waals surface area contributed by atoms with E-state index in [1.54, 1.807) is 0 Å². The van der Waals surface area contributed by atoms with E-state index in [9.17, 15) is 4.79 Å². The van der Waals surface area contributed by atoms with E-state index in [-0.39, 0.29) is 11.9 Å². The number of carbonyl (C=O) groups is 1. The lowest BCUT2D eigenvalue weighted by atomic mass is 9.97. The molecular formula is C15H24O3. The molecule has 0 saturated carbocycles. The number of allylic oxidation sites excluding steroid dienone is 2. The highest BCUT2D eigenvalue weighted by Gasteiger charge is 2.35. The molecule has 1 heterocycles. The Morgan fingerprint density at radius 3 is 2.44 bits per heavy atom. The molecule has 0 radical (unpaired) electrons. The largest absolute Gasteiger partial charge is 0.465 e. The topological polar surface area (TPSA) is 35.5 Å². The van der Waals surface area contributed by atoms with Gasteiger partial charge in [0.25, 0.3) is 0 Å². The summed E-state index contributed by atoms with van der Waals surface area (Å²) in [5, 5.41) is 0. The number of rotatable bonds is 3. The lowest BCUT2D eigenvalue weighted by molar-refractivity contribution is -0.150. The highest BCUT2D eigenvalue weighted by atomic mass is 16.6. The van der Waals surface area contributed by atoms with Crippen molar-refractivity contribution in [1.82, 2.24) is 0 Å². The molecule has 0 spiro atoms. The minimum atomic E-state index is -0.489. The molecule has 3 heteroatoms. The maximum Gasteiger partial charge on any atom is 0.338 e. The van der Waals surface area contributed by atoms with Gasteiger partial charge in [0.2, 0.25) is 0 Å². The Labute approximate surface area is 110 Å². The van der Waals surface area contributed by atoms with Crippen molar-refractivity contribution in [3.63, 3.8) is 0 Å². The summed E-state index contributed by atoms with van der Waals surface area (Å²) in [4.78, 5) is 12.2. The first kappa shape index (κ1) is 14.8. The lowest BCUT2D eigenvalue weighted by Crippen LogP contribution is -2.26. The SMILES string of the molecule is C=C1OC(CC(C)C)=C(C(=O)OC(C)(C)C)C1C. The zero-order chi connectivity index (χ0) is 14.1. The van der Waals surface area contributed by atoms with Crippen molar-refractivity contribution in [1.29, 1.82) is 0 Å². The van der Waals surface area contributed by atoms with E-state index in [0.717, 1.165) is 12.2 Å². The van der Waals surface area contributed by atoms with Gasteiger partial charge in [-0.25, -0.2) is 4.79 Å². The average molecular weight is 252 g/mol. The molecule has 18 heavy (non-hydrogen) atoms. The van der Waals surface area contributed by atoms with Crippen molar-refractivity contribution < 1.29 is 14.3 Å². The predicted octanol–water partition coefficient (Wildman–Crippen LogP) is 3.81. The van der Waals surface area contributed by atoms with E-state index in [0.29, 0.717) is 17.3 Å². The van der Waals surface area contributed by atoms with E-state index in [1.807, 2.05) is 27.7 Å². The van der Waals surface area contributed by atoms with Crippen LogP contribution in [0, 0.1) is 11.8 Å². The molecule has 1 rings (SSSR count). The summed E-state index contributed by atoms with van der Waals surface area (Å²) in [6, 6.07) is 0. The van der Waals surface area contributed by atoms with Crippen molar-refractivity contribution in [2.24, 2.45) is 11.8 Å². The van der Waals surface area contributed by atoms with Gasteiger partial charge >= 0.3 is 5.97 Å². The average Bonchev–Trinajstić information content (AvgIpc) is 2.38. The number of esters is 1. The van der Waals surface area contributed by atoms with Crippen LogP contribution < -0.4 is 0 Å². The zero-order valence-corrected chi connectivity index (χ0v) is 12.3. The van der Waals surface area contributed by atoms with Crippen LogP contribution in [0.5, 0.6) is 0 Å². The molecule has 0 N–H and O–H groups in total. The summed E-state index contributed by atoms with van der Waals surface area (Å²) in [6.07, 6.45) is 0.734. The summed E-state index contributed by atoms with van der Waals surface area (Å²) < 4.78 is 11.1. The Hall–Kier alpha value is -1.25. The summed E-state index contributed by atoms with van der Waals surface area (Å²) >= 11 is 0. The molecule has 3 nitrogen and oxygen atoms in total. The quantitative estimate of drug-likeness (QED) is 0.716. The van der Waals surface area contributed by atoms with Crippen LogP contribution in [0.25, 0.3) is 0 Å². The van der Waals surface area contributed by atoms with Gasteiger partial charge in [0.15, 0.2) is 0 Å². The monoisotopic (exact) mass is 252 g/mol. The molecule has 0 saturated heterocycles. The third-order valence-corrected chi connectivity index (χ3v) is 2.68. The smallest absolute Gasteiger partial charge is 0.338 e. The minimum absolute atomic E-state index is 0.0893. The van der Waals surface area contributed by atoms with Gasteiger partial charge in [0.1, 0.15) is 17.1 Å². The van der Waals surface area contributed by atoms with Crippen molar-refractivity contribution in [2.75, 3.05) is 0 Å². The van der Waals surface area contributed by atoms with Crippen molar-refractivity contribution in [2.45, 2.75) is 53.6 Å². The van der Waals surface area contributed by atoms with Crippen LogP contribution in [0.3, 0.4) is 0 Å². The number of ether oxygens (including phenoxy) is 2. The number of hydrogen-bond acceptors (Lipinski definition) is 3. The Balaban J connectivity index is 2.98. The van der Waals surface area contributed by atoms with E-state index in [4.69, 9.17) is 9.47 Å². The highest BCUT2D eigenvalue weighted by molar-refractivity contribution is 5.91. The van der Waals surface area contributed by atoms with Crippen LogP contribution in [0.15, 0.2) is 23.7 Å². The number of hydrogen-bond donors (Lipinski definition) is 0. The fourth-order valence-corrected chi connectivity index (χ4v) is 1.85. The van der Waals surface area contributed by atoms with Crippen molar-refractivity contribution in [3.05, 3.63) is 23.7 Å². The Bertz CT molecular complexity index is 383. The van der Waals surface area contributed by atoms with E-state index >= 15 is 0 Å². The molecule has 102 valence electrons. The van der Waals surface area contributed by atoms with Crippen molar-refractivity contribution >= 4 is 5.97 Å². The third kappa shape index (κ3) is 3.62. The van der Waals surface area contributed by atoms with Gasteiger partial charge in [-0.1, -0.05) is 27.4 Å². The molecule has 1 atom stereocenters. The molecule has 0 aliphatic carbocycles. The highest BCUT2D eigenvalue weighted by Crippen LogP contribution is 2.37. The Morgan fingerprint density at radius 2 is 2.00 bits per heavy atom. The molecule has 1 aliphatic rings. The summed E-state index contributed by atoms with van der Waals surface area (Å²) in [5.41, 5.74) is 0.139. The van der Waals surface area contributed by atoms with Gasteiger partial charge in [-0.15, -0.1) is 0 Å². The minimum Gasteiger partial charge on any atom is -0.465 e. The fourth-order valence-electron chi connectivity index (χ4n) is 1.85. The van der Waals surface area contributed by atoms with E-state index < -0.39 is 5.60 Å². The molecule has 0 amide bonds. The van der Waals surface area contributed by atoms with E-state index in [1.165, 1.54) is 0 Å². The first-order chi connectivity index (χ1) is 8.11. The molecule has 0 bridgehead atoms. The maximum atomic E-state index is 12.2. The maximum absolute atomic E-state index is 12.2. The first-order valence-corrected chi connectivity index (χ1v) is 6.45. The van der Waals surface area contributed by atoms with E-state index in [2.05, 4.69) is 20.4 Å². The Kier molecular flexibility index (Phi) is 4.25. The normalized spacial score (nSPS) is 20.4. The van der Waals surface area contributed by atoms with Gasteiger partial charge in [-0.2, -0.15) is 0 Å². The molecule has 1 aliphatic heterocycles. The molecular weight excluding hydrogens is 228 g/mol. The van der Waals surface area contributed by atoms with Crippen LogP contribution >= 0.6 is 0 Å². The molecule has 1 unspecified atom stereocenters. The molecule has 0 aromatic rings. The summed E-state index contributed by atoms with van der Waals surface area (Å²) in [7, 11) is 0.